The lowest BCUT2D eigenvalue weighted by Crippen LogP contribution is -2.13. The molecular formula is C17H25NO3. The van der Waals surface area contributed by atoms with Crippen molar-refractivity contribution in [2.24, 2.45) is 5.92 Å². The third kappa shape index (κ3) is 6.08. The molecule has 116 valence electrons. The molecule has 0 aliphatic heterocycles. The lowest BCUT2D eigenvalue weighted by molar-refractivity contribution is -0.120. The third-order valence-corrected chi connectivity index (χ3v) is 3.74. The molecule has 0 radical (unpaired) electrons. The van der Waals surface area contributed by atoms with Crippen LogP contribution in [-0.4, -0.2) is 16.8 Å². The van der Waals surface area contributed by atoms with Crippen molar-refractivity contribution >= 4 is 17.4 Å². The van der Waals surface area contributed by atoms with Crippen LogP contribution < -0.4 is 5.32 Å². The van der Waals surface area contributed by atoms with Crippen LogP contribution in [0.25, 0.3) is 0 Å². The summed E-state index contributed by atoms with van der Waals surface area (Å²) in [6.07, 6.45) is 2.95. The Bertz CT molecular complexity index is 497. The topological polar surface area (TPSA) is 66.4 Å². The minimum absolute atomic E-state index is 0.0244. The van der Waals surface area contributed by atoms with E-state index in [1.54, 1.807) is 13.0 Å². The van der Waals surface area contributed by atoms with Crippen molar-refractivity contribution in [1.29, 1.82) is 0 Å². The molecule has 4 heteroatoms. The summed E-state index contributed by atoms with van der Waals surface area (Å²) in [4.78, 5) is 23.0. The Morgan fingerprint density at radius 2 is 2.00 bits per heavy atom. The first-order valence-corrected chi connectivity index (χ1v) is 7.44. The quantitative estimate of drug-likeness (QED) is 0.723. The van der Waals surface area contributed by atoms with Crippen molar-refractivity contribution in [2.75, 3.05) is 5.32 Å². The molecule has 0 aromatic heterocycles. The second-order valence-corrected chi connectivity index (χ2v) is 5.61. The molecule has 0 saturated heterocycles. The van der Waals surface area contributed by atoms with Gasteiger partial charge in [0.15, 0.2) is 0 Å². The number of amides is 1. The van der Waals surface area contributed by atoms with Crippen LogP contribution >= 0.6 is 0 Å². The molecule has 21 heavy (non-hydrogen) atoms. The Morgan fingerprint density at radius 1 is 1.29 bits per heavy atom. The van der Waals surface area contributed by atoms with Crippen molar-refractivity contribution in [3.63, 3.8) is 0 Å². The molecule has 1 atom stereocenters. The standard InChI is InChI=1S/C17H25NO3/c1-12(14(3)20)6-4-5-7-17(21)18-16-10-15(11-19)9-8-13(16)2/h8-10,12,19H,4-7,11H2,1-3H3,(H,18,21). The Morgan fingerprint density at radius 3 is 2.62 bits per heavy atom. The summed E-state index contributed by atoms with van der Waals surface area (Å²) < 4.78 is 0. The SMILES string of the molecule is CC(=O)C(C)CCCCC(=O)Nc1cc(CO)ccc1C. The van der Waals surface area contributed by atoms with Gasteiger partial charge in [0.05, 0.1) is 6.61 Å². The summed E-state index contributed by atoms with van der Waals surface area (Å²) in [5.74, 6) is 0.260. The molecule has 0 aliphatic rings. The Labute approximate surface area is 126 Å². The van der Waals surface area contributed by atoms with Crippen molar-refractivity contribution < 1.29 is 14.7 Å². The number of carbonyl (C=O) groups excluding carboxylic acids is 2. The van der Waals surface area contributed by atoms with Gasteiger partial charge in [0, 0.05) is 18.0 Å². The summed E-state index contributed by atoms with van der Waals surface area (Å²) in [6, 6.07) is 5.52. The number of aryl methyl sites for hydroxylation is 1. The largest absolute Gasteiger partial charge is 0.392 e. The second-order valence-electron chi connectivity index (χ2n) is 5.61. The second kappa shape index (κ2) is 8.57. The number of unbranched alkanes of at least 4 members (excludes halogenated alkanes) is 1. The van der Waals surface area contributed by atoms with Gasteiger partial charge in [-0.3, -0.25) is 9.59 Å². The zero-order valence-corrected chi connectivity index (χ0v) is 13.1. The minimum atomic E-state index is -0.0356. The van der Waals surface area contributed by atoms with Crippen LogP contribution in [0.5, 0.6) is 0 Å². The molecule has 2 N–H and O–H groups in total. The summed E-state index contributed by atoms with van der Waals surface area (Å²) in [6.45, 7) is 5.41. The van der Waals surface area contributed by atoms with Gasteiger partial charge in [0.2, 0.25) is 5.91 Å². The number of nitrogens with one attached hydrogen (secondary N) is 1. The van der Waals surface area contributed by atoms with Gasteiger partial charge in [0.25, 0.3) is 0 Å². The van der Waals surface area contributed by atoms with Gasteiger partial charge in [-0.15, -0.1) is 0 Å². The van der Waals surface area contributed by atoms with E-state index in [0.717, 1.165) is 36.1 Å². The number of Topliss-reactive ketones (excluding diaryl/α,β-unsaturated/α-hetero) is 1. The highest BCUT2D eigenvalue weighted by Crippen LogP contribution is 2.18. The van der Waals surface area contributed by atoms with Gasteiger partial charge < -0.3 is 10.4 Å². The fourth-order valence-corrected chi connectivity index (χ4v) is 2.05. The number of anilines is 1. The normalized spacial score (nSPS) is 12.0. The Hall–Kier alpha value is -1.68. The summed E-state index contributed by atoms with van der Waals surface area (Å²) >= 11 is 0. The highest BCUT2D eigenvalue weighted by Gasteiger charge is 2.09. The van der Waals surface area contributed by atoms with E-state index in [4.69, 9.17) is 5.11 Å². The van der Waals surface area contributed by atoms with E-state index in [0.29, 0.717) is 6.42 Å². The van der Waals surface area contributed by atoms with Gasteiger partial charge in [-0.05, 0) is 43.9 Å². The molecule has 1 amide bonds. The van der Waals surface area contributed by atoms with E-state index in [-0.39, 0.29) is 24.2 Å². The zero-order valence-electron chi connectivity index (χ0n) is 13.1. The van der Waals surface area contributed by atoms with Gasteiger partial charge in [0.1, 0.15) is 5.78 Å². The van der Waals surface area contributed by atoms with E-state index in [9.17, 15) is 9.59 Å². The molecule has 1 unspecified atom stereocenters. The van der Waals surface area contributed by atoms with Crippen LogP contribution in [0.15, 0.2) is 18.2 Å². The minimum Gasteiger partial charge on any atom is -0.392 e. The van der Waals surface area contributed by atoms with Crippen molar-refractivity contribution in [2.45, 2.75) is 53.1 Å². The molecular weight excluding hydrogens is 266 g/mol. The van der Waals surface area contributed by atoms with Crippen LogP contribution in [0, 0.1) is 12.8 Å². The number of rotatable bonds is 8. The summed E-state index contributed by atoms with van der Waals surface area (Å²) in [5.41, 5.74) is 2.51. The molecule has 0 heterocycles. The summed E-state index contributed by atoms with van der Waals surface area (Å²) in [5, 5.41) is 12.0. The van der Waals surface area contributed by atoms with Crippen molar-refractivity contribution in [1.82, 2.24) is 0 Å². The van der Waals surface area contributed by atoms with Crippen molar-refractivity contribution in [3.05, 3.63) is 29.3 Å². The lowest BCUT2D eigenvalue weighted by Gasteiger charge is -2.10. The van der Waals surface area contributed by atoms with E-state index in [2.05, 4.69) is 5.32 Å². The average molecular weight is 291 g/mol. The maximum atomic E-state index is 11.9. The van der Waals surface area contributed by atoms with E-state index < -0.39 is 0 Å². The maximum Gasteiger partial charge on any atom is 0.224 e. The third-order valence-electron chi connectivity index (χ3n) is 3.74. The fraction of sp³-hybridized carbons (Fsp3) is 0.529. The van der Waals surface area contributed by atoms with Gasteiger partial charge in [-0.1, -0.05) is 25.5 Å². The van der Waals surface area contributed by atoms with Gasteiger partial charge in [-0.25, -0.2) is 0 Å². The Kier molecular flexibility index (Phi) is 7.09. The number of aliphatic hydroxyl groups is 1. The van der Waals surface area contributed by atoms with Crippen LogP contribution in [0.4, 0.5) is 5.69 Å². The maximum absolute atomic E-state index is 11.9. The zero-order chi connectivity index (χ0) is 15.8. The number of hydrogen-bond acceptors (Lipinski definition) is 3. The van der Waals surface area contributed by atoms with Crippen LogP contribution in [0.2, 0.25) is 0 Å². The Balaban J connectivity index is 2.39. The number of aliphatic hydroxyl groups excluding tert-OH is 1. The molecule has 0 bridgehead atoms. The first-order valence-electron chi connectivity index (χ1n) is 7.44. The van der Waals surface area contributed by atoms with Crippen LogP contribution in [0.1, 0.15) is 50.7 Å². The van der Waals surface area contributed by atoms with E-state index in [1.807, 2.05) is 26.0 Å². The van der Waals surface area contributed by atoms with E-state index in [1.165, 1.54) is 0 Å². The molecule has 0 aliphatic carbocycles. The first-order chi connectivity index (χ1) is 9.93. The molecule has 1 aromatic carbocycles. The first kappa shape index (κ1) is 17.4. The van der Waals surface area contributed by atoms with Gasteiger partial charge in [-0.2, -0.15) is 0 Å². The van der Waals surface area contributed by atoms with E-state index >= 15 is 0 Å². The smallest absolute Gasteiger partial charge is 0.224 e. The number of hydrogen-bond donors (Lipinski definition) is 2. The highest BCUT2D eigenvalue weighted by atomic mass is 16.3. The molecule has 4 nitrogen and oxygen atoms in total. The molecule has 1 aromatic rings. The van der Waals surface area contributed by atoms with Crippen molar-refractivity contribution in [3.8, 4) is 0 Å². The van der Waals surface area contributed by atoms with Gasteiger partial charge >= 0.3 is 0 Å². The summed E-state index contributed by atoms with van der Waals surface area (Å²) in [7, 11) is 0. The molecule has 1 rings (SSSR count). The monoisotopic (exact) mass is 291 g/mol. The molecule has 0 fully saturated rings. The number of ketones is 1. The fourth-order valence-electron chi connectivity index (χ4n) is 2.05. The lowest BCUT2D eigenvalue weighted by atomic mass is 10.00. The average Bonchev–Trinajstić information content (AvgIpc) is 2.45. The molecule has 0 saturated carbocycles. The number of carbonyl (C=O) groups is 2. The predicted molar refractivity (Wildman–Crippen MR) is 84.0 cm³/mol. The van der Waals surface area contributed by atoms with Crippen LogP contribution in [0.3, 0.4) is 0 Å². The molecule has 0 spiro atoms. The van der Waals surface area contributed by atoms with Crippen LogP contribution in [-0.2, 0) is 16.2 Å². The highest BCUT2D eigenvalue weighted by molar-refractivity contribution is 5.91. The number of benzene rings is 1. The predicted octanol–water partition coefficient (Wildman–Crippen LogP) is 3.21.